The van der Waals surface area contributed by atoms with Crippen molar-refractivity contribution in [3.63, 3.8) is 0 Å². The lowest BCUT2D eigenvalue weighted by Crippen LogP contribution is -2.41. The molecule has 1 fully saturated rings. The van der Waals surface area contributed by atoms with Gasteiger partial charge in [-0.15, -0.1) is 0 Å². The number of aliphatic imine (C=N–C) groups is 1. The fourth-order valence-electron chi connectivity index (χ4n) is 3.15. The molecule has 1 aromatic carbocycles. The van der Waals surface area contributed by atoms with Crippen LogP contribution in [0.4, 0.5) is 0 Å². The van der Waals surface area contributed by atoms with Gasteiger partial charge in [-0.05, 0) is 18.6 Å². The van der Waals surface area contributed by atoms with Crippen molar-refractivity contribution in [3.8, 4) is 0 Å². The zero-order valence-electron chi connectivity index (χ0n) is 13.9. The first kappa shape index (κ1) is 15.8. The third kappa shape index (κ3) is 3.82. The highest BCUT2D eigenvalue weighted by Crippen LogP contribution is 2.16. The van der Waals surface area contributed by atoms with Crippen LogP contribution in [0.1, 0.15) is 12.2 Å². The van der Waals surface area contributed by atoms with Crippen LogP contribution in [0, 0.1) is 5.92 Å². The van der Waals surface area contributed by atoms with Crippen molar-refractivity contribution in [2.45, 2.75) is 12.8 Å². The first-order valence-electron chi connectivity index (χ1n) is 8.18. The quantitative estimate of drug-likeness (QED) is 0.650. The van der Waals surface area contributed by atoms with E-state index in [9.17, 15) is 0 Å². The Labute approximate surface area is 137 Å². The van der Waals surface area contributed by atoms with E-state index in [0.29, 0.717) is 5.92 Å². The standard InChI is InChI=1S/C17H25N5O/c1-18-17(22-10-8-13(11-22)12-23-2)19-9-7-16-20-14-5-3-4-6-15(14)21-16/h3-6,13H,7-12H2,1-2H3,(H,18,19)(H,20,21). The summed E-state index contributed by atoms with van der Waals surface area (Å²) >= 11 is 0. The highest BCUT2D eigenvalue weighted by Gasteiger charge is 2.24. The van der Waals surface area contributed by atoms with Crippen molar-refractivity contribution >= 4 is 17.0 Å². The average molecular weight is 315 g/mol. The van der Waals surface area contributed by atoms with Gasteiger partial charge in [0.1, 0.15) is 5.82 Å². The number of hydrogen-bond donors (Lipinski definition) is 2. The Morgan fingerprint density at radius 1 is 1.48 bits per heavy atom. The number of benzene rings is 1. The maximum Gasteiger partial charge on any atom is 0.193 e. The van der Waals surface area contributed by atoms with Crippen molar-refractivity contribution in [1.82, 2.24) is 20.2 Å². The highest BCUT2D eigenvalue weighted by atomic mass is 16.5. The molecule has 6 nitrogen and oxygen atoms in total. The predicted octanol–water partition coefficient (Wildman–Crippen LogP) is 1.65. The number of aromatic nitrogens is 2. The molecule has 124 valence electrons. The molecular weight excluding hydrogens is 290 g/mol. The molecule has 1 unspecified atom stereocenters. The van der Waals surface area contributed by atoms with Crippen LogP contribution < -0.4 is 5.32 Å². The molecule has 0 spiro atoms. The Morgan fingerprint density at radius 3 is 3.13 bits per heavy atom. The van der Waals surface area contributed by atoms with E-state index in [1.54, 1.807) is 7.11 Å². The number of guanidine groups is 1. The number of rotatable bonds is 5. The van der Waals surface area contributed by atoms with Crippen LogP contribution in [-0.2, 0) is 11.2 Å². The zero-order valence-corrected chi connectivity index (χ0v) is 13.9. The van der Waals surface area contributed by atoms with Gasteiger partial charge in [-0.3, -0.25) is 4.99 Å². The lowest BCUT2D eigenvalue weighted by molar-refractivity contribution is 0.157. The van der Waals surface area contributed by atoms with E-state index in [1.807, 2.05) is 25.2 Å². The summed E-state index contributed by atoms with van der Waals surface area (Å²) in [6.45, 7) is 3.70. The van der Waals surface area contributed by atoms with E-state index in [0.717, 1.165) is 61.9 Å². The molecule has 23 heavy (non-hydrogen) atoms. The number of para-hydroxylation sites is 2. The molecule has 3 rings (SSSR count). The van der Waals surface area contributed by atoms with Gasteiger partial charge < -0.3 is 19.9 Å². The van der Waals surface area contributed by atoms with Crippen LogP contribution in [0.5, 0.6) is 0 Å². The number of nitrogens with zero attached hydrogens (tertiary/aromatic N) is 3. The molecule has 1 aliphatic heterocycles. The topological polar surface area (TPSA) is 65.5 Å². The van der Waals surface area contributed by atoms with Crippen molar-refractivity contribution < 1.29 is 4.74 Å². The zero-order chi connectivity index (χ0) is 16.1. The molecule has 0 radical (unpaired) electrons. The lowest BCUT2D eigenvalue weighted by atomic mass is 10.1. The van der Waals surface area contributed by atoms with Gasteiger partial charge in [-0.1, -0.05) is 12.1 Å². The van der Waals surface area contributed by atoms with Crippen LogP contribution in [-0.4, -0.2) is 61.2 Å². The van der Waals surface area contributed by atoms with Gasteiger partial charge >= 0.3 is 0 Å². The van der Waals surface area contributed by atoms with Crippen molar-refractivity contribution in [2.75, 3.05) is 40.4 Å². The van der Waals surface area contributed by atoms with E-state index in [4.69, 9.17) is 4.74 Å². The van der Waals surface area contributed by atoms with Gasteiger partial charge in [0.15, 0.2) is 5.96 Å². The third-order valence-electron chi connectivity index (χ3n) is 4.28. The first-order valence-corrected chi connectivity index (χ1v) is 8.18. The molecule has 2 heterocycles. The summed E-state index contributed by atoms with van der Waals surface area (Å²) in [7, 11) is 3.61. The molecular formula is C17H25N5O. The minimum Gasteiger partial charge on any atom is -0.384 e. The molecule has 0 aliphatic carbocycles. The monoisotopic (exact) mass is 315 g/mol. The van der Waals surface area contributed by atoms with Gasteiger partial charge in [0.2, 0.25) is 0 Å². The van der Waals surface area contributed by atoms with Crippen LogP contribution in [0.15, 0.2) is 29.3 Å². The molecule has 6 heteroatoms. The van der Waals surface area contributed by atoms with Gasteiger partial charge in [0.05, 0.1) is 17.6 Å². The number of hydrogen-bond acceptors (Lipinski definition) is 3. The number of imidazole rings is 1. The Kier molecular flexibility index (Phi) is 5.12. The molecule has 1 atom stereocenters. The number of nitrogens with one attached hydrogen (secondary N) is 2. The second kappa shape index (κ2) is 7.46. The van der Waals surface area contributed by atoms with E-state index in [1.165, 1.54) is 0 Å². The summed E-state index contributed by atoms with van der Waals surface area (Å²) in [4.78, 5) is 14.7. The van der Waals surface area contributed by atoms with E-state index in [-0.39, 0.29) is 0 Å². The number of likely N-dealkylation sites (tertiary alicyclic amines) is 1. The molecule has 0 amide bonds. The SMILES string of the molecule is CN=C(NCCc1nc2ccccc2[nH]1)N1CCC(COC)C1. The average Bonchev–Trinajstić information content (AvgIpc) is 3.18. The van der Waals surface area contributed by atoms with Crippen molar-refractivity contribution in [2.24, 2.45) is 10.9 Å². The van der Waals surface area contributed by atoms with Crippen molar-refractivity contribution in [1.29, 1.82) is 0 Å². The fraction of sp³-hybridized carbons (Fsp3) is 0.529. The van der Waals surface area contributed by atoms with Gasteiger partial charge in [0, 0.05) is 46.1 Å². The number of methoxy groups -OCH3 is 1. The lowest BCUT2D eigenvalue weighted by Gasteiger charge is -2.21. The van der Waals surface area contributed by atoms with Gasteiger partial charge in [-0.25, -0.2) is 4.98 Å². The summed E-state index contributed by atoms with van der Waals surface area (Å²) in [5, 5.41) is 3.44. The Bertz CT molecular complexity index is 633. The fourth-order valence-corrected chi connectivity index (χ4v) is 3.15. The summed E-state index contributed by atoms with van der Waals surface area (Å²) in [6.07, 6.45) is 2.02. The number of fused-ring (bicyclic) bond motifs is 1. The maximum absolute atomic E-state index is 5.26. The minimum atomic E-state index is 0.605. The molecule has 1 saturated heterocycles. The Hall–Kier alpha value is -2.08. The molecule has 1 aromatic heterocycles. The molecule has 1 aliphatic rings. The molecule has 2 N–H and O–H groups in total. The van der Waals surface area contributed by atoms with Crippen LogP contribution in [0.2, 0.25) is 0 Å². The normalized spacial score (nSPS) is 18.8. The van der Waals surface area contributed by atoms with E-state index < -0.39 is 0 Å². The first-order chi connectivity index (χ1) is 11.3. The summed E-state index contributed by atoms with van der Waals surface area (Å²) in [6, 6.07) is 8.12. The maximum atomic E-state index is 5.26. The summed E-state index contributed by atoms with van der Waals surface area (Å²) in [5.74, 6) is 2.58. The highest BCUT2D eigenvalue weighted by molar-refractivity contribution is 5.80. The largest absolute Gasteiger partial charge is 0.384 e. The predicted molar refractivity (Wildman–Crippen MR) is 92.7 cm³/mol. The van der Waals surface area contributed by atoms with E-state index in [2.05, 4.69) is 31.2 Å². The Balaban J connectivity index is 1.50. The van der Waals surface area contributed by atoms with Crippen molar-refractivity contribution in [3.05, 3.63) is 30.1 Å². The second-order valence-corrected chi connectivity index (χ2v) is 5.98. The van der Waals surface area contributed by atoms with Crippen LogP contribution >= 0.6 is 0 Å². The molecule has 0 saturated carbocycles. The number of aromatic amines is 1. The number of ether oxygens (including phenoxy) is 1. The summed E-state index contributed by atoms with van der Waals surface area (Å²) < 4.78 is 5.26. The number of H-pyrrole nitrogens is 1. The van der Waals surface area contributed by atoms with Crippen LogP contribution in [0.3, 0.4) is 0 Å². The van der Waals surface area contributed by atoms with E-state index >= 15 is 0 Å². The summed E-state index contributed by atoms with van der Waals surface area (Å²) in [5.41, 5.74) is 2.11. The Morgan fingerprint density at radius 2 is 2.35 bits per heavy atom. The molecule has 0 bridgehead atoms. The van der Waals surface area contributed by atoms with Gasteiger partial charge in [0.25, 0.3) is 0 Å². The third-order valence-corrected chi connectivity index (χ3v) is 4.28. The second-order valence-electron chi connectivity index (χ2n) is 5.98. The van der Waals surface area contributed by atoms with Crippen LogP contribution in [0.25, 0.3) is 11.0 Å². The van der Waals surface area contributed by atoms with Gasteiger partial charge in [-0.2, -0.15) is 0 Å². The smallest absolute Gasteiger partial charge is 0.193 e. The molecule has 2 aromatic rings. The minimum absolute atomic E-state index is 0.605.